The van der Waals surface area contributed by atoms with Crippen molar-refractivity contribution in [2.75, 3.05) is 4.90 Å². The number of carbonyl (C=O) groups is 1. The zero-order valence-electron chi connectivity index (χ0n) is 14.0. The molecule has 0 radical (unpaired) electrons. The van der Waals surface area contributed by atoms with Crippen LogP contribution in [0.5, 0.6) is 5.75 Å². The van der Waals surface area contributed by atoms with Crippen LogP contribution in [0.25, 0.3) is 0 Å². The van der Waals surface area contributed by atoms with Crippen molar-refractivity contribution in [1.29, 1.82) is 0 Å². The topological polar surface area (TPSA) is 29.5 Å². The Morgan fingerprint density at radius 1 is 1.26 bits per heavy atom. The summed E-state index contributed by atoms with van der Waals surface area (Å²) in [4.78, 5) is 14.9. The lowest BCUT2D eigenvalue weighted by molar-refractivity contribution is -0.125. The van der Waals surface area contributed by atoms with Gasteiger partial charge in [-0.1, -0.05) is 37.3 Å². The Morgan fingerprint density at radius 2 is 2.04 bits per heavy atom. The number of ether oxygens (including phenoxy) is 1. The van der Waals surface area contributed by atoms with E-state index in [9.17, 15) is 4.79 Å². The molecule has 0 fully saturated rings. The van der Waals surface area contributed by atoms with Crippen LogP contribution in [0.3, 0.4) is 0 Å². The Kier molecular flexibility index (Phi) is 4.37. The monoisotopic (exact) mass is 309 g/mol. The van der Waals surface area contributed by atoms with E-state index in [1.807, 2.05) is 61.2 Å². The fraction of sp³-hybridized carbons (Fsp3) is 0.350. The fourth-order valence-electron chi connectivity index (χ4n) is 3.22. The van der Waals surface area contributed by atoms with Crippen LogP contribution in [-0.4, -0.2) is 18.1 Å². The third kappa shape index (κ3) is 3.09. The fourth-order valence-corrected chi connectivity index (χ4v) is 3.22. The van der Waals surface area contributed by atoms with Crippen molar-refractivity contribution in [3.8, 4) is 5.75 Å². The highest BCUT2D eigenvalue weighted by Crippen LogP contribution is 2.33. The summed E-state index contributed by atoms with van der Waals surface area (Å²) in [5.74, 6) is 0.803. The number of benzene rings is 2. The molecule has 0 aromatic heterocycles. The molecule has 3 heteroatoms. The van der Waals surface area contributed by atoms with Crippen LogP contribution in [-0.2, 0) is 11.2 Å². The van der Waals surface area contributed by atoms with Gasteiger partial charge in [-0.3, -0.25) is 4.79 Å². The van der Waals surface area contributed by atoms with E-state index in [0.29, 0.717) is 6.42 Å². The van der Waals surface area contributed by atoms with Crippen LogP contribution >= 0.6 is 0 Å². The number of hydrogen-bond acceptors (Lipinski definition) is 2. The first-order chi connectivity index (χ1) is 11.1. The highest BCUT2D eigenvalue weighted by Gasteiger charge is 2.34. The van der Waals surface area contributed by atoms with Gasteiger partial charge in [0.25, 0.3) is 5.91 Å². The molecule has 0 bridgehead atoms. The molecular weight excluding hydrogens is 286 g/mol. The molecular formula is C20H23NO2. The first-order valence-corrected chi connectivity index (χ1v) is 8.24. The Balaban J connectivity index is 1.83. The van der Waals surface area contributed by atoms with E-state index < -0.39 is 6.10 Å². The second-order valence-corrected chi connectivity index (χ2v) is 6.22. The summed E-state index contributed by atoms with van der Waals surface area (Å²) in [6.45, 7) is 6.11. The molecule has 0 aliphatic carbocycles. The molecule has 1 amide bonds. The van der Waals surface area contributed by atoms with E-state index >= 15 is 0 Å². The highest BCUT2D eigenvalue weighted by molar-refractivity contribution is 5.99. The molecule has 0 unspecified atom stereocenters. The van der Waals surface area contributed by atoms with Crippen LogP contribution in [0, 0.1) is 6.92 Å². The van der Waals surface area contributed by atoms with Gasteiger partial charge >= 0.3 is 0 Å². The van der Waals surface area contributed by atoms with E-state index in [0.717, 1.165) is 23.4 Å². The molecule has 0 spiro atoms. The van der Waals surface area contributed by atoms with Gasteiger partial charge in [0.1, 0.15) is 5.75 Å². The number of anilines is 1. The summed E-state index contributed by atoms with van der Waals surface area (Å²) in [5, 5.41) is 0. The van der Waals surface area contributed by atoms with Gasteiger partial charge in [0.15, 0.2) is 6.10 Å². The average molecular weight is 309 g/mol. The van der Waals surface area contributed by atoms with Gasteiger partial charge in [-0.25, -0.2) is 0 Å². The van der Waals surface area contributed by atoms with Gasteiger partial charge in [0.05, 0.1) is 0 Å². The normalized spacial score (nSPS) is 17.7. The third-order valence-electron chi connectivity index (χ3n) is 4.36. The molecule has 0 saturated carbocycles. The molecule has 3 nitrogen and oxygen atoms in total. The van der Waals surface area contributed by atoms with Crippen molar-refractivity contribution in [2.45, 2.75) is 45.8 Å². The van der Waals surface area contributed by atoms with E-state index in [-0.39, 0.29) is 11.9 Å². The Labute approximate surface area is 137 Å². The molecule has 120 valence electrons. The lowest BCUT2D eigenvalue weighted by atomic mass is 10.1. The number of para-hydroxylation sites is 1. The van der Waals surface area contributed by atoms with E-state index in [4.69, 9.17) is 4.74 Å². The van der Waals surface area contributed by atoms with E-state index in [1.165, 1.54) is 5.56 Å². The van der Waals surface area contributed by atoms with Crippen molar-refractivity contribution < 1.29 is 9.53 Å². The van der Waals surface area contributed by atoms with Crippen LogP contribution in [0.4, 0.5) is 5.69 Å². The predicted molar refractivity (Wildman–Crippen MR) is 93.0 cm³/mol. The summed E-state index contributed by atoms with van der Waals surface area (Å²) in [6, 6.07) is 16.2. The van der Waals surface area contributed by atoms with Crippen LogP contribution in [0.2, 0.25) is 0 Å². The zero-order valence-corrected chi connectivity index (χ0v) is 14.0. The maximum absolute atomic E-state index is 13.0. The van der Waals surface area contributed by atoms with Crippen molar-refractivity contribution in [3.63, 3.8) is 0 Å². The number of nitrogens with zero attached hydrogens (tertiary/aromatic N) is 1. The molecule has 23 heavy (non-hydrogen) atoms. The van der Waals surface area contributed by atoms with Gasteiger partial charge < -0.3 is 9.64 Å². The first kappa shape index (κ1) is 15.6. The number of amides is 1. The van der Waals surface area contributed by atoms with Gasteiger partial charge in [0.2, 0.25) is 0 Å². The van der Waals surface area contributed by atoms with Gasteiger partial charge in [-0.2, -0.15) is 0 Å². The number of aryl methyl sites for hydroxylation is 1. The summed E-state index contributed by atoms with van der Waals surface area (Å²) < 4.78 is 5.99. The molecule has 2 aromatic carbocycles. The van der Waals surface area contributed by atoms with Crippen molar-refractivity contribution in [2.24, 2.45) is 0 Å². The summed E-state index contributed by atoms with van der Waals surface area (Å²) in [7, 11) is 0. The molecule has 2 atom stereocenters. The SMILES string of the molecule is CC[C@@H](Oc1cccc(C)c1)C(=O)N1c2ccccc2C[C@@H]1C. The van der Waals surface area contributed by atoms with Crippen molar-refractivity contribution >= 4 is 11.6 Å². The standard InChI is InChI=1S/C20H23NO2/c1-4-19(23-17-10-7-8-14(2)12-17)20(22)21-15(3)13-16-9-5-6-11-18(16)21/h5-12,15,19H,4,13H2,1-3H3/t15-,19+/m0/s1. The highest BCUT2D eigenvalue weighted by atomic mass is 16.5. The van der Waals surface area contributed by atoms with E-state index in [1.54, 1.807) is 0 Å². The summed E-state index contributed by atoms with van der Waals surface area (Å²) >= 11 is 0. The Morgan fingerprint density at radius 3 is 2.78 bits per heavy atom. The van der Waals surface area contributed by atoms with Gasteiger partial charge in [-0.15, -0.1) is 0 Å². The summed E-state index contributed by atoms with van der Waals surface area (Å²) in [6.07, 6.45) is 1.10. The first-order valence-electron chi connectivity index (χ1n) is 8.24. The minimum atomic E-state index is -0.453. The molecule has 1 aliphatic heterocycles. The van der Waals surface area contributed by atoms with Crippen LogP contribution in [0.15, 0.2) is 48.5 Å². The smallest absolute Gasteiger partial charge is 0.268 e. The maximum Gasteiger partial charge on any atom is 0.268 e. The van der Waals surface area contributed by atoms with Crippen LogP contribution in [0.1, 0.15) is 31.4 Å². The van der Waals surface area contributed by atoms with Gasteiger partial charge in [-0.05, 0) is 56.0 Å². The molecule has 0 saturated heterocycles. The lowest BCUT2D eigenvalue weighted by Gasteiger charge is -2.27. The van der Waals surface area contributed by atoms with Crippen LogP contribution < -0.4 is 9.64 Å². The maximum atomic E-state index is 13.0. The van der Waals surface area contributed by atoms with Crippen molar-refractivity contribution in [1.82, 2.24) is 0 Å². The molecule has 1 aliphatic rings. The minimum absolute atomic E-state index is 0.0476. The average Bonchev–Trinajstić information content (AvgIpc) is 2.87. The Hall–Kier alpha value is -2.29. The number of carbonyl (C=O) groups excluding carboxylic acids is 1. The minimum Gasteiger partial charge on any atom is -0.481 e. The quantitative estimate of drug-likeness (QED) is 0.850. The third-order valence-corrected chi connectivity index (χ3v) is 4.36. The Bertz CT molecular complexity index is 710. The van der Waals surface area contributed by atoms with Crippen molar-refractivity contribution in [3.05, 3.63) is 59.7 Å². The lowest BCUT2D eigenvalue weighted by Crippen LogP contribution is -2.44. The second kappa shape index (κ2) is 6.45. The largest absolute Gasteiger partial charge is 0.481 e. The molecule has 3 rings (SSSR count). The summed E-state index contributed by atoms with van der Waals surface area (Å²) in [5.41, 5.74) is 3.39. The molecule has 1 heterocycles. The second-order valence-electron chi connectivity index (χ2n) is 6.22. The number of fused-ring (bicyclic) bond motifs is 1. The van der Waals surface area contributed by atoms with Gasteiger partial charge in [0, 0.05) is 11.7 Å². The predicted octanol–water partition coefficient (Wildman–Crippen LogP) is 4.13. The molecule has 0 N–H and O–H groups in total. The van der Waals surface area contributed by atoms with E-state index in [2.05, 4.69) is 13.0 Å². The number of hydrogen-bond donors (Lipinski definition) is 0. The number of rotatable bonds is 4. The zero-order chi connectivity index (χ0) is 16.4. The molecule has 2 aromatic rings.